The minimum Gasteiger partial charge on any atom is -0.313 e. The van der Waals surface area contributed by atoms with E-state index in [1.165, 1.54) is 6.42 Å². The van der Waals surface area contributed by atoms with Crippen molar-refractivity contribution < 1.29 is 0 Å². The summed E-state index contributed by atoms with van der Waals surface area (Å²) in [5.74, 6) is 3.88. The van der Waals surface area contributed by atoms with Gasteiger partial charge in [-0.25, -0.2) is 0 Å². The molecular formula is C13H25NS. The lowest BCUT2D eigenvalue weighted by Gasteiger charge is -2.23. The molecule has 0 aliphatic heterocycles. The number of terminal acetylenes is 1. The van der Waals surface area contributed by atoms with Gasteiger partial charge in [0.15, 0.2) is 0 Å². The minimum atomic E-state index is 0.349. The molecule has 0 saturated carbocycles. The van der Waals surface area contributed by atoms with Gasteiger partial charge < -0.3 is 5.32 Å². The molecule has 0 heterocycles. The smallest absolute Gasteiger partial charge is 0.0167 e. The molecule has 0 fully saturated rings. The van der Waals surface area contributed by atoms with Crippen LogP contribution in [0.25, 0.3) is 0 Å². The van der Waals surface area contributed by atoms with Crippen LogP contribution in [0, 0.1) is 12.3 Å². The predicted octanol–water partition coefficient (Wildman–Crippen LogP) is 3.30. The maximum atomic E-state index is 5.30. The molecule has 0 aromatic heterocycles. The first kappa shape index (κ1) is 14.9. The molecule has 0 aromatic rings. The lowest BCUT2D eigenvalue weighted by molar-refractivity contribution is 0.525. The predicted molar refractivity (Wildman–Crippen MR) is 72.4 cm³/mol. The largest absolute Gasteiger partial charge is 0.313 e. The highest BCUT2D eigenvalue weighted by Gasteiger charge is 2.14. The van der Waals surface area contributed by atoms with E-state index in [4.69, 9.17) is 6.42 Å². The van der Waals surface area contributed by atoms with E-state index in [1.54, 1.807) is 0 Å². The molecule has 0 radical (unpaired) electrons. The van der Waals surface area contributed by atoms with Gasteiger partial charge in [-0.2, -0.15) is 11.8 Å². The van der Waals surface area contributed by atoms with Gasteiger partial charge in [-0.05, 0) is 19.4 Å². The highest BCUT2D eigenvalue weighted by molar-refractivity contribution is 8.00. The Morgan fingerprint density at radius 2 is 2.07 bits per heavy atom. The van der Waals surface area contributed by atoms with Crippen molar-refractivity contribution in [2.75, 3.05) is 12.3 Å². The van der Waals surface area contributed by atoms with Crippen molar-refractivity contribution in [1.29, 1.82) is 0 Å². The van der Waals surface area contributed by atoms with Crippen molar-refractivity contribution in [3.63, 3.8) is 0 Å². The molecule has 0 aliphatic rings. The summed E-state index contributed by atoms with van der Waals surface area (Å²) in [6.45, 7) is 10.1. The van der Waals surface area contributed by atoms with Crippen LogP contribution in [0.4, 0.5) is 0 Å². The fraction of sp³-hybridized carbons (Fsp3) is 0.846. The molecule has 1 nitrogen and oxygen atoms in total. The monoisotopic (exact) mass is 227 g/mol. The van der Waals surface area contributed by atoms with Gasteiger partial charge in [0, 0.05) is 23.0 Å². The van der Waals surface area contributed by atoms with Gasteiger partial charge in [0.2, 0.25) is 0 Å². The summed E-state index contributed by atoms with van der Waals surface area (Å²) in [4.78, 5) is 0. The molecule has 0 aliphatic carbocycles. The maximum absolute atomic E-state index is 5.30. The summed E-state index contributed by atoms with van der Waals surface area (Å²) in [7, 11) is 0. The van der Waals surface area contributed by atoms with Crippen molar-refractivity contribution >= 4 is 11.8 Å². The van der Waals surface area contributed by atoms with Crippen molar-refractivity contribution in [3.8, 4) is 12.3 Å². The summed E-state index contributed by atoms with van der Waals surface area (Å²) in [5, 5.41) is 3.56. The number of thioether (sulfide) groups is 1. The van der Waals surface area contributed by atoms with Gasteiger partial charge in [0.1, 0.15) is 0 Å². The first-order chi connectivity index (χ1) is 6.99. The van der Waals surface area contributed by atoms with E-state index < -0.39 is 0 Å². The second-order valence-electron chi connectivity index (χ2n) is 4.82. The van der Waals surface area contributed by atoms with Crippen molar-refractivity contribution in [2.24, 2.45) is 0 Å². The Labute approximate surface area is 99.8 Å². The Kier molecular flexibility index (Phi) is 8.00. The third kappa shape index (κ3) is 10.2. The Hall–Kier alpha value is -0.130. The molecule has 1 unspecified atom stereocenters. The van der Waals surface area contributed by atoms with E-state index in [0.29, 0.717) is 10.8 Å². The molecule has 2 heteroatoms. The van der Waals surface area contributed by atoms with Crippen LogP contribution in [0.3, 0.4) is 0 Å². The SMILES string of the molecule is C#CCCC(CSC(C)(C)C)NCCC. The lowest BCUT2D eigenvalue weighted by atomic mass is 10.2. The van der Waals surface area contributed by atoms with Crippen molar-refractivity contribution in [3.05, 3.63) is 0 Å². The van der Waals surface area contributed by atoms with E-state index >= 15 is 0 Å². The topological polar surface area (TPSA) is 12.0 Å². The fourth-order valence-electron chi connectivity index (χ4n) is 1.20. The molecule has 1 N–H and O–H groups in total. The van der Waals surface area contributed by atoms with Crippen LogP contribution in [0.1, 0.15) is 47.0 Å². The zero-order valence-electron chi connectivity index (χ0n) is 10.6. The Balaban J connectivity index is 3.85. The van der Waals surface area contributed by atoms with E-state index in [2.05, 4.69) is 38.9 Å². The minimum absolute atomic E-state index is 0.349. The molecule has 0 bridgehead atoms. The first-order valence-electron chi connectivity index (χ1n) is 5.80. The van der Waals surface area contributed by atoms with E-state index in [9.17, 15) is 0 Å². The highest BCUT2D eigenvalue weighted by atomic mass is 32.2. The Morgan fingerprint density at radius 3 is 2.53 bits per heavy atom. The van der Waals surface area contributed by atoms with Crippen LogP contribution in [0.5, 0.6) is 0 Å². The van der Waals surface area contributed by atoms with E-state index in [-0.39, 0.29) is 0 Å². The number of hydrogen-bond donors (Lipinski definition) is 1. The van der Waals surface area contributed by atoms with E-state index in [1.807, 2.05) is 11.8 Å². The van der Waals surface area contributed by atoms with E-state index in [0.717, 1.165) is 25.1 Å². The summed E-state index contributed by atoms with van der Waals surface area (Å²) >= 11 is 2.01. The summed E-state index contributed by atoms with van der Waals surface area (Å²) in [5.41, 5.74) is 0. The Bertz CT molecular complexity index is 188. The molecule has 15 heavy (non-hydrogen) atoms. The number of rotatable bonds is 7. The number of nitrogens with one attached hydrogen (secondary N) is 1. The fourth-order valence-corrected chi connectivity index (χ4v) is 2.19. The third-order valence-electron chi connectivity index (χ3n) is 2.04. The first-order valence-corrected chi connectivity index (χ1v) is 6.79. The van der Waals surface area contributed by atoms with Crippen molar-refractivity contribution in [1.82, 2.24) is 5.32 Å². The van der Waals surface area contributed by atoms with Crippen LogP contribution in [0.2, 0.25) is 0 Å². The normalized spacial score (nSPS) is 13.5. The van der Waals surface area contributed by atoms with Gasteiger partial charge in [0.05, 0.1) is 0 Å². The molecule has 88 valence electrons. The van der Waals surface area contributed by atoms with Crippen LogP contribution < -0.4 is 5.32 Å². The second-order valence-corrected chi connectivity index (χ2v) is 6.66. The second kappa shape index (κ2) is 8.07. The molecular weight excluding hydrogens is 202 g/mol. The average molecular weight is 227 g/mol. The quantitative estimate of drug-likeness (QED) is 0.670. The summed E-state index contributed by atoms with van der Waals surface area (Å²) in [6, 6.07) is 0.574. The highest BCUT2D eigenvalue weighted by Crippen LogP contribution is 2.24. The standard InChI is InChI=1S/C13H25NS/c1-6-8-9-12(14-10-7-2)11-15-13(3,4)5/h1,12,14H,7-11H2,2-5H3. The molecule has 1 atom stereocenters. The van der Waals surface area contributed by atoms with Gasteiger partial charge in [-0.3, -0.25) is 0 Å². The average Bonchev–Trinajstić information content (AvgIpc) is 2.15. The molecule has 0 aromatic carbocycles. The van der Waals surface area contributed by atoms with Crippen LogP contribution >= 0.6 is 11.8 Å². The molecule has 0 amide bonds. The van der Waals surface area contributed by atoms with Gasteiger partial charge in [0.25, 0.3) is 0 Å². The summed E-state index contributed by atoms with van der Waals surface area (Å²) < 4.78 is 0.349. The maximum Gasteiger partial charge on any atom is 0.0167 e. The summed E-state index contributed by atoms with van der Waals surface area (Å²) in [6.07, 6.45) is 8.47. The zero-order chi connectivity index (χ0) is 11.7. The third-order valence-corrected chi connectivity index (χ3v) is 3.47. The lowest BCUT2D eigenvalue weighted by Crippen LogP contribution is -2.33. The van der Waals surface area contributed by atoms with Crippen molar-refractivity contribution in [2.45, 2.75) is 57.7 Å². The van der Waals surface area contributed by atoms with Crippen LogP contribution in [-0.2, 0) is 0 Å². The zero-order valence-corrected chi connectivity index (χ0v) is 11.4. The number of hydrogen-bond acceptors (Lipinski definition) is 2. The molecule has 0 rings (SSSR count). The molecule has 0 saturated heterocycles. The Morgan fingerprint density at radius 1 is 1.40 bits per heavy atom. The van der Waals surface area contributed by atoms with Crippen LogP contribution in [-0.4, -0.2) is 23.1 Å². The van der Waals surface area contributed by atoms with Gasteiger partial charge in [-0.15, -0.1) is 12.3 Å². The van der Waals surface area contributed by atoms with Gasteiger partial charge in [-0.1, -0.05) is 27.7 Å². The van der Waals surface area contributed by atoms with Crippen LogP contribution in [0.15, 0.2) is 0 Å². The van der Waals surface area contributed by atoms with Gasteiger partial charge >= 0.3 is 0 Å². The molecule has 0 spiro atoms.